The molecule has 7 heteroatoms. The number of piperazine rings is 1. The smallest absolute Gasteiger partial charge is 0.142 e. The van der Waals surface area contributed by atoms with Gasteiger partial charge in [-0.15, -0.1) is 0 Å². The summed E-state index contributed by atoms with van der Waals surface area (Å²) in [5.74, 6) is 0.665. The zero-order valence-electron chi connectivity index (χ0n) is 16.8. The Bertz CT molecular complexity index is 938. The van der Waals surface area contributed by atoms with E-state index in [1.165, 1.54) is 5.56 Å². The van der Waals surface area contributed by atoms with Crippen LogP contribution in [0.25, 0.3) is 0 Å². The van der Waals surface area contributed by atoms with Crippen molar-refractivity contribution >= 4 is 5.69 Å². The number of anilines is 1. The molecule has 0 saturated carbocycles. The van der Waals surface area contributed by atoms with Crippen molar-refractivity contribution in [3.63, 3.8) is 0 Å². The van der Waals surface area contributed by atoms with Gasteiger partial charge in [0.15, 0.2) is 0 Å². The van der Waals surface area contributed by atoms with Crippen molar-refractivity contribution in [2.24, 2.45) is 14.1 Å². The molecule has 1 fully saturated rings. The van der Waals surface area contributed by atoms with Crippen LogP contribution in [0.1, 0.15) is 28.7 Å². The molecule has 0 unspecified atom stereocenters. The normalized spacial score (nSPS) is 16.5. The van der Waals surface area contributed by atoms with Crippen LogP contribution in [0.5, 0.6) is 0 Å². The number of aliphatic hydroxyl groups excluding tert-OH is 1. The first-order valence-electron chi connectivity index (χ1n) is 9.73. The second-order valence-electron chi connectivity index (χ2n) is 7.53. The third-order valence-corrected chi connectivity index (χ3v) is 5.56. The van der Waals surface area contributed by atoms with E-state index in [0.717, 1.165) is 49.7 Å². The average molecular weight is 380 g/mol. The SMILES string of the molecule is Cc1nn(C)cc1CN1CCN(c2ccccc2[C@@H](O)c2nccn2C)CC1. The summed E-state index contributed by atoms with van der Waals surface area (Å²) in [6.07, 6.45) is 4.97. The third kappa shape index (κ3) is 3.68. The Morgan fingerprint density at radius 3 is 2.50 bits per heavy atom. The first-order valence-corrected chi connectivity index (χ1v) is 9.73. The van der Waals surface area contributed by atoms with Gasteiger partial charge >= 0.3 is 0 Å². The number of aromatic nitrogens is 4. The average Bonchev–Trinajstić information content (AvgIpc) is 3.26. The van der Waals surface area contributed by atoms with Crippen molar-refractivity contribution in [3.8, 4) is 0 Å². The van der Waals surface area contributed by atoms with Crippen molar-refractivity contribution in [2.75, 3.05) is 31.1 Å². The molecule has 1 aliphatic rings. The number of para-hydroxylation sites is 1. The van der Waals surface area contributed by atoms with Crippen LogP contribution in [0.2, 0.25) is 0 Å². The molecule has 0 amide bonds. The Hall–Kier alpha value is -2.64. The Morgan fingerprint density at radius 1 is 1.11 bits per heavy atom. The fraction of sp³-hybridized carbons (Fsp3) is 0.429. The Morgan fingerprint density at radius 2 is 1.86 bits per heavy atom. The summed E-state index contributed by atoms with van der Waals surface area (Å²) in [6, 6.07) is 8.12. The minimum Gasteiger partial charge on any atom is -0.380 e. The van der Waals surface area contributed by atoms with Gasteiger partial charge in [-0.25, -0.2) is 4.98 Å². The molecule has 1 N–H and O–H groups in total. The van der Waals surface area contributed by atoms with Gasteiger partial charge in [-0.05, 0) is 13.0 Å². The molecule has 2 aromatic heterocycles. The predicted octanol–water partition coefficient (Wildman–Crippen LogP) is 1.87. The van der Waals surface area contributed by atoms with Gasteiger partial charge in [-0.3, -0.25) is 9.58 Å². The van der Waals surface area contributed by atoms with E-state index in [2.05, 4.69) is 39.1 Å². The van der Waals surface area contributed by atoms with Crippen LogP contribution in [-0.4, -0.2) is 55.5 Å². The first-order chi connectivity index (χ1) is 13.5. The lowest BCUT2D eigenvalue weighted by molar-refractivity contribution is 0.205. The van der Waals surface area contributed by atoms with Gasteiger partial charge in [0.25, 0.3) is 0 Å². The zero-order chi connectivity index (χ0) is 19.7. The maximum Gasteiger partial charge on any atom is 0.142 e. The summed E-state index contributed by atoms with van der Waals surface area (Å²) in [6.45, 7) is 6.85. The van der Waals surface area contributed by atoms with Crippen molar-refractivity contribution in [1.82, 2.24) is 24.2 Å². The molecule has 7 nitrogen and oxygen atoms in total. The summed E-state index contributed by atoms with van der Waals surface area (Å²) in [5, 5.41) is 15.4. The highest BCUT2D eigenvalue weighted by Gasteiger charge is 2.24. The molecule has 0 aliphatic carbocycles. The van der Waals surface area contributed by atoms with Crippen LogP contribution in [0.15, 0.2) is 42.9 Å². The molecular formula is C21H28N6O. The van der Waals surface area contributed by atoms with Crippen LogP contribution in [-0.2, 0) is 20.6 Å². The van der Waals surface area contributed by atoms with E-state index in [0.29, 0.717) is 5.82 Å². The van der Waals surface area contributed by atoms with E-state index in [4.69, 9.17) is 0 Å². The molecule has 0 bridgehead atoms. The van der Waals surface area contributed by atoms with Crippen molar-refractivity contribution < 1.29 is 5.11 Å². The van der Waals surface area contributed by atoms with Gasteiger partial charge in [-0.2, -0.15) is 5.10 Å². The van der Waals surface area contributed by atoms with Gasteiger partial charge in [-0.1, -0.05) is 18.2 Å². The molecule has 0 spiro atoms. The number of aliphatic hydroxyl groups is 1. The van der Waals surface area contributed by atoms with Crippen molar-refractivity contribution in [1.29, 1.82) is 0 Å². The standard InChI is InChI=1S/C21H28N6O/c1-16-17(14-25(3)23-16)15-26-10-12-27(13-11-26)19-7-5-4-6-18(19)20(28)21-22-8-9-24(21)2/h4-9,14,20,28H,10-13,15H2,1-3H3/t20-/m1/s1. The molecule has 1 aliphatic heterocycles. The highest BCUT2D eigenvalue weighted by molar-refractivity contribution is 5.56. The number of rotatable bonds is 5. The van der Waals surface area contributed by atoms with Crippen molar-refractivity contribution in [3.05, 3.63) is 65.5 Å². The topological polar surface area (TPSA) is 62.4 Å². The maximum atomic E-state index is 10.9. The van der Waals surface area contributed by atoms with Crippen molar-refractivity contribution in [2.45, 2.75) is 19.6 Å². The summed E-state index contributed by atoms with van der Waals surface area (Å²) in [7, 11) is 3.88. The molecule has 28 heavy (non-hydrogen) atoms. The number of hydrogen-bond donors (Lipinski definition) is 1. The van der Waals surface area contributed by atoms with Gasteiger partial charge in [0.2, 0.25) is 0 Å². The Labute approximate surface area is 165 Å². The molecule has 4 rings (SSSR count). The van der Waals surface area contributed by atoms with E-state index in [9.17, 15) is 5.11 Å². The summed E-state index contributed by atoms with van der Waals surface area (Å²) >= 11 is 0. The van der Waals surface area contributed by atoms with E-state index in [1.54, 1.807) is 6.20 Å². The second-order valence-corrected chi connectivity index (χ2v) is 7.53. The Kier molecular flexibility index (Phi) is 5.19. The number of aryl methyl sites for hydroxylation is 3. The van der Waals surface area contributed by atoms with E-state index in [1.807, 2.05) is 47.7 Å². The largest absolute Gasteiger partial charge is 0.380 e. The van der Waals surface area contributed by atoms with Crippen LogP contribution in [0, 0.1) is 6.92 Å². The highest BCUT2D eigenvalue weighted by atomic mass is 16.3. The van der Waals surface area contributed by atoms with Crippen LogP contribution >= 0.6 is 0 Å². The van der Waals surface area contributed by atoms with Gasteiger partial charge in [0.1, 0.15) is 11.9 Å². The third-order valence-electron chi connectivity index (χ3n) is 5.56. The van der Waals surface area contributed by atoms with E-state index >= 15 is 0 Å². The fourth-order valence-electron chi connectivity index (χ4n) is 3.98. The lowest BCUT2D eigenvalue weighted by Gasteiger charge is -2.37. The molecule has 1 saturated heterocycles. The molecule has 1 atom stereocenters. The predicted molar refractivity (Wildman–Crippen MR) is 109 cm³/mol. The maximum absolute atomic E-state index is 10.9. The molecule has 3 aromatic rings. The van der Waals surface area contributed by atoms with Gasteiger partial charge in [0.05, 0.1) is 5.69 Å². The number of nitrogens with zero attached hydrogens (tertiary/aromatic N) is 6. The quantitative estimate of drug-likeness (QED) is 0.732. The van der Waals surface area contributed by atoms with Crippen LogP contribution < -0.4 is 4.90 Å². The molecular weight excluding hydrogens is 352 g/mol. The molecule has 148 valence electrons. The van der Waals surface area contributed by atoms with Crippen LogP contribution in [0.3, 0.4) is 0 Å². The first kappa shape index (κ1) is 18.7. The Balaban J connectivity index is 1.46. The molecule has 1 aromatic carbocycles. The lowest BCUT2D eigenvalue weighted by atomic mass is 10.0. The van der Waals surface area contributed by atoms with E-state index in [-0.39, 0.29) is 0 Å². The number of imidazole rings is 1. The number of hydrogen-bond acceptors (Lipinski definition) is 5. The fourth-order valence-corrected chi connectivity index (χ4v) is 3.98. The lowest BCUT2D eigenvalue weighted by Crippen LogP contribution is -2.46. The molecule has 0 radical (unpaired) electrons. The summed E-state index contributed by atoms with van der Waals surface area (Å²) in [4.78, 5) is 9.17. The summed E-state index contributed by atoms with van der Waals surface area (Å²) < 4.78 is 3.76. The minimum absolute atomic E-state index is 0.665. The summed E-state index contributed by atoms with van der Waals surface area (Å²) in [5.41, 5.74) is 4.40. The number of benzene rings is 1. The zero-order valence-corrected chi connectivity index (χ0v) is 16.8. The minimum atomic E-state index is -0.729. The monoisotopic (exact) mass is 380 g/mol. The highest BCUT2D eigenvalue weighted by Crippen LogP contribution is 2.30. The second kappa shape index (κ2) is 7.77. The van der Waals surface area contributed by atoms with E-state index < -0.39 is 6.10 Å². The van der Waals surface area contributed by atoms with Gasteiger partial charge in [0, 0.05) is 82.2 Å². The van der Waals surface area contributed by atoms with Crippen LogP contribution in [0.4, 0.5) is 5.69 Å². The molecule has 3 heterocycles. The van der Waals surface area contributed by atoms with Gasteiger partial charge < -0.3 is 14.6 Å².